The number of rotatable bonds is 4. The van der Waals surface area contributed by atoms with Crippen molar-refractivity contribution in [2.24, 2.45) is 11.8 Å². The third-order valence-electron chi connectivity index (χ3n) is 5.12. The fraction of sp³-hybridized carbons (Fsp3) is 0.824. The first-order chi connectivity index (χ1) is 11.1. The van der Waals surface area contributed by atoms with Gasteiger partial charge in [0.1, 0.15) is 6.04 Å². The second-order valence-corrected chi connectivity index (χ2v) is 6.58. The van der Waals surface area contributed by atoms with E-state index in [-0.39, 0.29) is 24.2 Å². The van der Waals surface area contributed by atoms with E-state index in [9.17, 15) is 14.4 Å². The molecule has 2 atom stereocenters. The summed E-state index contributed by atoms with van der Waals surface area (Å²) in [5, 5.41) is 0. The first kappa shape index (κ1) is 17.8. The number of hydrogen-bond acceptors (Lipinski definition) is 5. The van der Waals surface area contributed by atoms with Crippen LogP contribution in [0, 0.1) is 11.8 Å². The number of amides is 1. The average Bonchev–Trinajstić information content (AvgIpc) is 2.60. The summed E-state index contributed by atoms with van der Waals surface area (Å²) in [6.45, 7) is 0.408. The molecule has 2 unspecified atom stereocenters. The number of carbonyl (C=O) groups excluding carboxylic acids is 3. The average molecular weight is 325 g/mol. The Balaban J connectivity index is 2.01. The summed E-state index contributed by atoms with van der Waals surface area (Å²) in [6.07, 6.45) is 7.12. The molecule has 1 amide bonds. The molecular formula is C17H27NO5. The number of hydrogen-bond donors (Lipinski definition) is 0. The SMILES string of the molecule is COC(=O)C1CCN(C(=O)CC2CCCCC2)C(C(=O)OC)C1. The molecule has 6 nitrogen and oxygen atoms in total. The molecule has 0 N–H and O–H groups in total. The zero-order valence-corrected chi connectivity index (χ0v) is 14.1. The highest BCUT2D eigenvalue weighted by Gasteiger charge is 2.40. The number of carbonyl (C=O) groups is 3. The van der Waals surface area contributed by atoms with Gasteiger partial charge in [-0.05, 0) is 31.6 Å². The Hall–Kier alpha value is -1.59. The molecule has 2 aliphatic rings. The van der Waals surface area contributed by atoms with Crippen LogP contribution in [0.5, 0.6) is 0 Å². The molecule has 1 aliphatic carbocycles. The van der Waals surface area contributed by atoms with Crippen LogP contribution >= 0.6 is 0 Å². The molecule has 6 heteroatoms. The van der Waals surface area contributed by atoms with Gasteiger partial charge in [-0.25, -0.2) is 4.79 Å². The van der Waals surface area contributed by atoms with Gasteiger partial charge in [0.05, 0.1) is 20.1 Å². The van der Waals surface area contributed by atoms with Gasteiger partial charge < -0.3 is 14.4 Å². The summed E-state index contributed by atoms with van der Waals surface area (Å²) < 4.78 is 9.61. The maximum atomic E-state index is 12.6. The van der Waals surface area contributed by atoms with Crippen molar-refractivity contribution >= 4 is 17.8 Å². The van der Waals surface area contributed by atoms with Crippen molar-refractivity contribution < 1.29 is 23.9 Å². The Morgan fingerprint density at radius 1 is 0.957 bits per heavy atom. The van der Waals surface area contributed by atoms with Gasteiger partial charge in [-0.3, -0.25) is 9.59 Å². The Morgan fingerprint density at radius 3 is 2.22 bits per heavy atom. The lowest BCUT2D eigenvalue weighted by molar-refractivity contribution is -0.160. The predicted octanol–water partition coefficient (Wildman–Crippen LogP) is 1.91. The number of methoxy groups -OCH3 is 2. The van der Waals surface area contributed by atoms with Crippen molar-refractivity contribution in [3.05, 3.63) is 0 Å². The van der Waals surface area contributed by atoms with Gasteiger partial charge in [0, 0.05) is 13.0 Å². The van der Waals surface area contributed by atoms with Gasteiger partial charge in [0.25, 0.3) is 0 Å². The van der Waals surface area contributed by atoms with E-state index in [0.717, 1.165) is 12.8 Å². The van der Waals surface area contributed by atoms with Gasteiger partial charge in [-0.2, -0.15) is 0 Å². The van der Waals surface area contributed by atoms with Gasteiger partial charge in [-0.15, -0.1) is 0 Å². The molecule has 1 saturated heterocycles. The van der Waals surface area contributed by atoms with Crippen molar-refractivity contribution in [3.63, 3.8) is 0 Å². The van der Waals surface area contributed by atoms with Crippen LogP contribution in [0.15, 0.2) is 0 Å². The van der Waals surface area contributed by atoms with Crippen molar-refractivity contribution in [2.45, 2.75) is 57.4 Å². The Bertz CT molecular complexity index is 444. The van der Waals surface area contributed by atoms with E-state index in [1.165, 1.54) is 33.5 Å². The molecule has 1 saturated carbocycles. The Kier molecular flexibility index (Phi) is 6.42. The Labute approximate surface area is 137 Å². The van der Waals surface area contributed by atoms with Gasteiger partial charge >= 0.3 is 11.9 Å². The largest absolute Gasteiger partial charge is 0.469 e. The first-order valence-corrected chi connectivity index (χ1v) is 8.52. The molecule has 0 spiro atoms. The molecule has 1 aliphatic heterocycles. The number of nitrogens with zero attached hydrogens (tertiary/aromatic N) is 1. The third kappa shape index (κ3) is 4.45. The van der Waals surface area contributed by atoms with Crippen molar-refractivity contribution in [3.8, 4) is 0 Å². The molecule has 130 valence electrons. The summed E-state index contributed by atoms with van der Waals surface area (Å²) in [7, 11) is 2.66. The molecule has 2 fully saturated rings. The van der Waals surface area contributed by atoms with Crippen LogP contribution in [0.1, 0.15) is 51.4 Å². The monoisotopic (exact) mass is 325 g/mol. The molecule has 0 aromatic carbocycles. The van der Waals surface area contributed by atoms with Crippen LogP contribution in [-0.4, -0.2) is 49.6 Å². The molecular weight excluding hydrogens is 298 g/mol. The van der Waals surface area contributed by atoms with Crippen molar-refractivity contribution in [2.75, 3.05) is 20.8 Å². The highest BCUT2D eigenvalue weighted by molar-refractivity contribution is 5.86. The lowest BCUT2D eigenvalue weighted by Gasteiger charge is -2.37. The van der Waals surface area contributed by atoms with Crippen molar-refractivity contribution in [1.29, 1.82) is 0 Å². The van der Waals surface area contributed by atoms with Gasteiger partial charge in [0.15, 0.2) is 0 Å². The fourth-order valence-corrected chi connectivity index (χ4v) is 3.76. The van der Waals surface area contributed by atoms with Crippen LogP contribution in [0.4, 0.5) is 0 Å². The number of esters is 2. The minimum absolute atomic E-state index is 0.00983. The lowest BCUT2D eigenvalue weighted by atomic mass is 9.85. The van der Waals surface area contributed by atoms with E-state index in [1.54, 1.807) is 4.90 Å². The van der Waals surface area contributed by atoms with E-state index < -0.39 is 12.0 Å². The summed E-state index contributed by atoms with van der Waals surface area (Å²) in [4.78, 5) is 38.1. The second-order valence-electron chi connectivity index (χ2n) is 6.58. The van der Waals surface area contributed by atoms with Crippen LogP contribution in [0.25, 0.3) is 0 Å². The van der Waals surface area contributed by atoms with E-state index >= 15 is 0 Å². The molecule has 0 bridgehead atoms. The topological polar surface area (TPSA) is 72.9 Å². The fourth-order valence-electron chi connectivity index (χ4n) is 3.76. The molecule has 1 heterocycles. The molecule has 2 rings (SSSR count). The van der Waals surface area contributed by atoms with Gasteiger partial charge in [0.2, 0.25) is 5.91 Å². The highest BCUT2D eigenvalue weighted by atomic mass is 16.5. The van der Waals surface area contributed by atoms with Crippen LogP contribution in [-0.2, 0) is 23.9 Å². The number of piperidine rings is 1. The Morgan fingerprint density at radius 2 is 1.61 bits per heavy atom. The summed E-state index contributed by atoms with van der Waals surface area (Å²) in [5.74, 6) is -0.680. The quantitative estimate of drug-likeness (QED) is 0.738. The highest BCUT2D eigenvalue weighted by Crippen LogP contribution is 2.30. The van der Waals surface area contributed by atoms with Crippen LogP contribution in [0.2, 0.25) is 0 Å². The zero-order valence-electron chi connectivity index (χ0n) is 14.1. The molecule has 0 aromatic rings. The minimum Gasteiger partial charge on any atom is -0.469 e. The smallest absolute Gasteiger partial charge is 0.328 e. The van der Waals surface area contributed by atoms with E-state index in [0.29, 0.717) is 25.3 Å². The maximum absolute atomic E-state index is 12.6. The first-order valence-electron chi connectivity index (χ1n) is 8.52. The molecule has 0 aromatic heterocycles. The van der Waals surface area contributed by atoms with Crippen LogP contribution in [0.3, 0.4) is 0 Å². The van der Waals surface area contributed by atoms with Crippen LogP contribution < -0.4 is 0 Å². The molecule has 23 heavy (non-hydrogen) atoms. The summed E-state index contributed by atoms with van der Waals surface area (Å²) >= 11 is 0. The lowest BCUT2D eigenvalue weighted by Crippen LogP contribution is -2.52. The number of ether oxygens (including phenoxy) is 2. The summed E-state index contributed by atoms with van der Waals surface area (Å²) in [6, 6.07) is -0.672. The standard InChI is InChI=1S/C17H27NO5/c1-22-16(20)13-8-9-18(14(11-13)17(21)23-2)15(19)10-12-6-4-3-5-7-12/h12-14H,3-11H2,1-2H3. The normalized spacial score (nSPS) is 25.7. The zero-order chi connectivity index (χ0) is 16.8. The van der Waals surface area contributed by atoms with E-state index in [2.05, 4.69) is 0 Å². The van der Waals surface area contributed by atoms with Gasteiger partial charge in [-0.1, -0.05) is 19.3 Å². The predicted molar refractivity (Wildman–Crippen MR) is 83.4 cm³/mol. The molecule has 0 radical (unpaired) electrons. The second kappa shape index (κ2) is 8.31. The van der Waals surface area contributed by atoms with E-state index in [1.807, 2.05) is 0 Å². The van der Waals surface area contributed by atoms with E-state index in [4.69, 9.17) is 9.47 Å². The van der Waals surface area contributed by atoms with Crippen molar-refractivity contribution in [1.82, 2.24) is 4.90 Å². The third-order valence-corrected chi connectivity index (χ3v) is 5.12. The maximum Gasteiger partial charge on any atom is 0.328 e. The number of likely N-dealkylation sites (tertiary alicyclic amines) is 1. The summed E-state index contributed by atoms with van der Waals surface area (Å²) in [5.41, 5.74) is 0. The minimum atomic E-state index is -0.672.